The molecule has 0 bridgehead atoms. The quantitative estimate of drug-likeness (QED) is 0.350. The van der Waals surface area contributed by atoms with Gasteiger partial charge in [-0.15, -0.1) is 0 Å². The Labute approximate surface area is 210 Å². The van der Waals surface area contributed by atoms with Gasteiger partial charge in [-0.2, -0.15) is 0 Å². The molecule has 1 aliphatic carbocycles. The van der Waals surface area contributed by atoms with E-state index in [9.17, 15) is 18.8 Å². The monoisotopic (exact) mass is 492 g/mol. The van der Waals surface area contributed by atoms with E-state index in [1.165, 1.54) is 18.2 Å². The molecule has 0 radical (unpaired) electrons. The standard InChI is InChI=1S/C28H33FN4O3/c1-17(2)26(34)33-25(14-19-16-30-23-11-7-6-10-21(19)23)28(36)31-20-12-13-22(29)24(15-20)32-27(35)18-8-4-3-5-9-18/h6-7,10-13,15-18,25,30H,3-5,8-9,14H2,1-2H3,(H,31,36)(H,32,35)(H,33,34). The molecule has 36 heavy (non-hydrogen) atoms. The molecule has 1 fully saturated rings. The van der Waals surface area contributed by atoms with E-state index in [-0.39, 0.29) is 35.8 Å². The lowest BCUT2D eigenvalue weighted by atomic mass is 9.88. The van der Waals surface area contributed by atoms with Gasteiger partial charge in [0.05, 0.1) is 5.69 Å². The normalized spacial score (nSPS) is 15.0. The Balaban J connectivity index is 1.50. The van der Waals surface area contributed by atoms with Crippen molar-refractivity contribution in [2.24, 2.45) is 11.8 Å². The first-order valence-corrected chi connectivity index (χ1v) is 12.6. The molecule has 1 unspecified atom stereocenters. The number of para-hydroxylation sites is 1. The number of nitrogens with one attached hydrogen (secondary N) is 4. The average Bonchev–Trinajstić information content (AvgIpc) is 3.28. The third kappa shape index (κ3) is 6.11. The molecule has 190 valence electrons. The van der Waals surface area contributed by atoms with Crippen molar-refractivity contribution < 1.29 is 18.8 Å². The lowest BCUT2D eigenvalue weighted by Crippen LogP contribution is -2.46. The van der Waals surface area contributed by atoms with E-state index >= 15 is 0 Å². The summed E-state index contributed by atoms with van der Waals surface area (Å²) in [7, 11) is 0. The molecular weight excluding hydrogens is 459 g/mol. The van der Waals surface area contributed by atoms with Gasteiger partial charge in [-0.3, -0.25) is 14.4 Å². The number of H-pyrrole nitrogens is 1. The number of carbonyl (C=O) groups is 3. The maximum absolute atomic E-state index is 14.5. The van der Waals surface area contributed by atoms with Gasteiger partial charge in [0.15, 0.2) is 0 Å². The van der Waals surface area contributed by atoms with Gasteiger partial charge in [-0.1, -0.05) is 51.3 Å². The fourth-order valence-electron chi connectivity index (χ4n) is 4.60. The summed E-state index contributed by atoms with van der Waals surface area (Å²) in [5.74, 6) is -1.85. The average molecular weight is 493 g/mol. The van der Waals surface area contributed by atoms with Gasteiger partial charge in [-0.05, 0) is 42.7 Å². The van der Waals surface area contributed by atoms with Crippen molar-refractivity contribution in [2.75, 3.05) is 10.6 Å². The zero-order valence-electron chi connectivity index (χ0n) is 20.7. The molecule has 1 aliphatic rings. The highest BCUT2D eigenvalue weighted by atomic mass is 19.1. The van der Waals surface area contributed by atoms with Crippen molar-refractivity contribution in [2.45, 2.75) is 58.4 Å². The summed E-state index contributed by atoms with van der Waals surface area (Å²) in [5.41, 5.74) is 2.21. The minimum Gasteiger partial charge on any atom is -0.361 e. The maximum Gasteiger partial charge on any atom is 0.247 e. The molecule has 1 aromatic heterocycles. The first-order valence-electron chi connectivity index (χ1n) is 12.6. The highest BCUT2D eigenvalue weighted by Crippen LogP contribution is 2.27. The Bertz CT molecular complexity index is 1250. The Morgan fingerprint density at radius 2 is 1.75 bits per heavy atom. The summed E-state index contributed by atoms with van der Waals surface area (Å²) in [6, 6.07) is 11.0. The minimum absolute atomic E-state index is 0.0303. The Morgan fingerprint density at radius 3 is 2.50 bits per heavy atom. The number of aromatic nitrogens is 1. The SMILES string of the molecule is CC(C)C(=O)NC(Cc1c[nH]c2ccccc12)C(=O)Nc1ccc(F)c(NC(=O)C2CCCCC2)c1. The summed E-state index contributed by atoms with van der Waals surface area (Å²) in [5, 5.41) is 9.28. The van der Waals surface area contributed by atoms with Gasteiger partial charge in [0, 0.05) is 41.0 Å². The molecule has 0 aliphatic heterocycles. The highest BCUT2D eigenvalue weighted by Gasteiger charge is 2.25. The molecule has 7 nitrogen and oxygen atoms in total. The van der Waals surface area contributed by atoms with Crippen LogP contribution in [-0.2, 0) is 20.8 Å². The largest absolute Gasteiger partial charge is 0.361 e. The van der Waals surface area contributed by atoms with E-state index in [0.29, 0.717) is 5.69 Å². The number of hydrogen-bond acceptors (Lipinski definition) is 3. The van der Waals surface area contributed by atoms with Crippen LogP contribution in [0.5, 0.6) is 0 Å². The van der Waals surface area contributed by atoms with Crippen LogP contribution >= 0.6 is 0 Å². The van der Waals surface area contributed by atoms with Crippen LogP contribution in [0.4, 0.5) is 15.8 Å². The number of amides is 3. The van der Waals surface area contributed by atoms with Gasteiger partial charge < -0.3 is 20.9 Å². The van der Waals surface area contributed by atoms with E-state index in [2.05, 4.69) is 20.9 Å². The maximum atomic E-state index is 14.5. The smallest absolute Gasteiger partial charge is 0.247 e. The number of fused-ring (bicyclic) bond motifs is 1. The van der Waals surface area contributed by atoms with Gasteiger partial charge in [0.25, 0.3) is 0 Å². The topological polar surface area (TPSA) is 103 Å². The number of benzene rings is 2. The van der Waals surface area contributed by atoms with Crippen molar-refractivity contribution in [1.82, 2.24) is 10.3 Å². The predicted molar refractivity (Wildman–Crippen MR) is 139 cm³/mol. The number of halogens is 1. The van der Waals surface area contributed by atoms with Gasteiger partial charge in [-0.25, -0.2) is 4.39 Å². The van der Waals surface area contributed by atoms with Crippen molar-refractivity contribution in [3.63, 3.8) is 0 Å². The first kappa shape index (κ1) is 25.4. The van der Waals surface area contributed by atoms with Crippen LogP contribution in [0.15, 0.2) is 48.7 Å². The molecule has 0 saturated heterocycles. The van der Waals surface area contributed by atoms with Crippen molar-refractivity contribution in [1.29, 1.82) is 0 Å². The third-order valence-corrected chi connectivity index (χ3v) is 6.72. The lowest BCUT2D eigenvalue weighted by Gasteiger charge is -2.21. The molecule has 1 heterocycles. The van der Waals surface area contributed by atoms with Crippen LogP contribution in [0, 0.1) is 17.7 Å². The summed E-state index contributed by atoms with van der Waals surface area (Å²) in [4.78, 5) is 41.6. The van der Waals surface area contributed by atoms with E-state index in [0.717, 1.165) is 48.6 Å². The summed E-state index contributed by atoms with van der Waals surface area (Å²) in [6.07, 6.45) is 6.83. The van der Waals surface area contributed by atoms with Crippen molar-refractivity contribution in [3.8, 4) is 0 Å². The molecule has 4 rings (SSSR count). The van der Waals surface area contributed by atoms with Crippen molar-refractivity contribution >= 4 is 40.0 Å². The molecule has 8 heteroatoms. The fraction of sp³-hybridized carbons (Fsp3) is 0.393. The second kappa shape index (κ2) is 11.4. The molecular formula is C28H33FN4O3. The number of rotatable bonds is 8. The van der Waals surface area contributed by atoms with E-state index in [1.54, 1.807) is 13.8 Å². The number of hydrogen-bond donors (Lipinski definition) is 4. The molecule has 2 aromatic carbocycles. The molecule has 3 aromatic rings. The minimum atomic E-state index is -0.843. The second-order valence-corrected chi connectivity index (χ2v) is 9.79. The molecule has 1 atom stereocenters. The van der Waals surface area contributed by atoms with E-state index in [4.69, 9.17) is 0 Å². The van der Waals surface area contributed by atoms with Crippen molar-refractivity contribution in [3.05, 3.63) is 60.0 Å². The summed E-state index contributed by atoms with van der Waals surface area (Å²) < 4.78 is 14.5. The molecule has 0 spiro atoms. The van der Waals surface area contributed by atoms with Crippen LogP contribution in [0.3, 0.4) is 0 Å². The molecule has 4 N–H and O–H groups in total. The van der Waals surface area contributed by atoms with Crippen LogP contribution in [0.2, 0.25) is 0 Å². The predicted octanol–water partition coefficient (Wildman–Crippen LogP) is 5.15. The molecule has 3 amide bonds. The molecule has 1 saturated carbocycles. The Morgan fingerprint density at radius 1 is 1.00 bits per heavy atom. The van der Waals surface area contributed by atoms with Crippen LogP contribution in [-0.4, -0.2) is 28.7 Å². The van der Waals surface area contributed by atoms with Gasteiger partial charge in [0.1, 0.15) is 11.9 Å². The Hall–Kier alpha value is -3.68. The second-order valence-electron chi connectivity index (χ2n) is 9.79. The van der Waals surface area contributed by atoms with Gasteiger partial charge >= 0.3 is 0 Å². The van der Waals surface area contributed by atoms with Crippen LogP contribution in [0.25, 0.3) is 10.9 Å². The van der Waals surface area contributed by atoms with Crippen LogP contribution in [0.1, 0.15) is 51.5 Å². The highest BCUT2D eigenvalue weighted by molar-refractivity contribution is 5.99. The first-order chi connectivity index (χ1) is 17.3. The zero-order chi connectivity index (χ0) is 25.7. The third-order valence-electron chi connectivity index (χ3n) is 6.72. The summed E-state index contributed by atoms with van der Waals surface area (Å²) in [6.45, 7) is 3.52. The fourth-order valence-corrected chi connectivity index (χ4v) is 4.60. The zero-order valence-corrected chi connectivity index (χ0v) is 20.7. The van der Waals surface area contributed by atoms with Crippen LogP contribution < -0.4 is 16.0 Å². The number of carbonyl (C=O) groups excluding carboxylic acids is 3. The lowest BCUT2D eigenvalue weighted by molar-refractivity contribution is -0.128. The van der Waals surface area contributed by atoms with E-state index in [1.807, 2.05) is 30.5 Å². The number of aromatic amines is 1. The van der Waals surface area contributed by atoms with E-state index < -0.39 is 17.8 Å². The number of anilines is 2. The summed E-state index contributed by atoms with van der Waals surface area (Å²) >= 11 is 0. The van der Waals surface area contributed by atoms with Gasteiger partial charge in [0.2, 0.25) is 17.7 Å². The Kier molecular flexibility index (Phi) is 8.03.